The van der Waals surface area contributed by atoms with Gasteiger partial charge in [-0.1, -0.05) is 117 Å². The SMILES string of the molecule is CC[C@H](C)[C@@H]1NC(=O)[C@H](CC(C)C)N(C)C(=O)C[C@@H](C(=O)N(C)C)NC(=O)[C@H]([C@@H](C)CC)N(C)C(=O)C2(CCCC2)NC(=O)[C@@H]2CCCN2C(=O)[C@H](CCc2ccc(C(F)(F)F)c(Cl)c2)NC(=O)CN(C)C(=O)[C@H](CC2CCCCC2)N(C)C(=O)[C@@H]2CCN2C(=O)[C@H](C)N(C)C1=O. The van der Waals surface area contributed by atoms with Crippen LogP contribution in [0.4, 0.5) is 13.2 Å². The summed E-state index contributed by atoms with van der Waals surface area (Å²) in [6.07, 6.45) is 1.75. The van der Waals surface area contributed by atoms with Crippen molar-refractivity contribution >= 4 is 82.5 Å². The Hall–Kier alpha value is -7.06. The van der Waals surface area contributed by atoms with Gasteiger partial charge in [-0.2, -0.15) is 13.2 Å². The minimum absolute atomic E-state index is 0.0217. The molecule has 5 aliphatic rings. The number of halogens is 4. The van der Waals surface area contributed by atoms with E-state index in [0.29, 0.717) is 37.7 Å². The molecule has 0 bridgehead atoms. The monoisotopic (exact) mass is 1390 g/mol. The molecule has 542 valence electrons. The van der Waals surface area contributed by atoms with Crippen LogP contribution in [0.1, 0.15) is 175 Å². The van der Waals surface area contributed by atoms with E-state index in [2.05, 4.69) is 21.3 Å². The molecule has 97 heavy (non-hydrogen) atoms. The molecule has 4 N–H and O–H groups in total. The van der Waals surface area contributed by atoms with Crippen LogP contribution in [0.2, 0.25) is 5.02 Å². The highest BCUT2D eigenvalue weighted by Gasteiger charge is 2.51. The molecular formula is C69H106ClF3N12O12. The molecule has 12 amide bonds. The highest BCUT2D eigenvalue weighted by atomic mass is 35.5. The van der Waals surface area contributed by atoms with Crippen LogP contribution < -0.4 is 21.3 Å². The molecule has 3 heterocycles. The standard InChI is InChI=1S/C69H106ClF3N12O12/c1-15-41(5)56-66(96)80(11)43(7)61(91)85-34-30-51(85)65(95)82(13)53(37-44-23-18-17-19-24-44)64(94)79(10)39-54(86)74-48(29-27-45-26-28-46(47(70)36-45)69(71,72)73)63(93)84-33-22-25-50(84)59(89)77-68(31-20-21-32-68)67(97)83(14)57(42(6)16-2)60(90)75-49(62(92)78(8)9)38-55(87)81(12)52(35-40(3)4)58(88)76-56/h26,28,36,40-44,48-53,56-57H,15-25,27,29-35,37-39H2,1-14H3,(H,74,86)(H,75,90)(H,76,88)(H,77,89)/t41-,42-,43-,48-,49-,50-,51-,52-,53-,56-,57-/m0/s1. The third kappa shape index (κ3) is 19.0. The number of fused-ring (bicyclic) bond motifs is 2. The molecule has 24 nitrogen and oxygen atoms in total. The second-order valence-corrected chi connectivity index (χ2v) is 29.0. The molecule has 0 unspecified atom stereocenters. The number of nitrogens with one attached hydrogen (secondary N) is 4. The van der Waals surface area contributed by atoms with E-state index in [9.17, 15) is 61.1 Å². The smallest absolute Gasteiger partial charge is 0.347 e. The van der Waals surface area contributed by atoms with Gasteiger partial charge in [-0.25, -0.2) is 0 Å². The molecule has 6 rings (SSSR count). The number of likely N-dealkylation sites (N-methyl/N-ethyl adjacent to an activating group) is 6. The van der Waals surface area contributed by atoms with Crippen molar-refractivity contribution in [3.8, 4) is 0 Å². The molecule has 2 saturated carbocycles. The van der Waals surface area contributed by atoms with Crippen molar-refractivity contribution in [2.45, 2.75) is 237 Å². The minimum Gasteiger partial charge on any atom is -0.347 e. The van der Waals surface area contributed by atoms with Crippen LogP contribution in [0, 0.1) is 23.7 Å². The Bertz CT molecular complexity index is 3050. The summed E-state index contributed by atoms with van der Waals surface area (Å²) >= 11 is 6.14. The molecule has 1 aromatic rings. The molecule has 3 saturated heterocycles. The molecule has 2 aliphatic carbocycles. The van der Waals surface area contributed by atoms with Crippen molar-refractivity contribution < 1.29 is 70.7 Å². The summed E-state index contributed by atoms with van der Waals surface area (Å²) in [7, 11) is 10.00. The number of hydrogen-bond acceptors (Lipinski definition) is 12. The Morgan fingerprint density at radius 3 is 1.87 bits per heavy atom. The average molecular weight is 1390 g/mol. The minimum atomic E-state index is -4.76. The number of carbonyl (C=O) groups is 12. The second kappa shape index (κ2) is 34.1. The van der Waals surface area contributed by atoms with Crippen LogP contribution in [0.15, 0.2) is 18.2 Å². The Morgan fingerprint density at radius 1 is 0.670 bits per heavy atom. The van der Waals surface area contributed by atoms with Gasteiger partial charge in [0.05, 0.1) is 23.6 Å². The van der Waals surface area contributed by atoms with Gasteiger partial charge in [-0.05, 0) is 106 Å². The predicted octanol–water partition coefficient (Wildman–Crippen LogP) is 5.15. The van der Waals surface area contributed by atoms with Crippen LogP contribution in [-0.4, -0.2) is 239 Å². The lowest BCUT2D eigenvalue weighted by atomic mass is 9.84. The lowest BCUT2D eigenvalue weighted by molar-refractivity contribution is -0.160. The van der Waals surface area contributed by atoms with Crippen molar-refractivity contribution in [2.75, 3.05) is 69.0 Å². The molecule has 5 fully saturated rings. The maximum absolute atomic E-state index is 15.3. The Balaban J connectivity index is 1.42. The zero-order chi connectivity index (χ0) is 72.3. The first-order valence-electron chi connectivity index (χ1n) is 34.7. The lowest BCUT2D eigenvalue weighted by Gasteiger charge is -2.45. The Kier molecular flexibility index (Phi) is 27.8. The Morgan fingerprint density at radius 2 is 1.30 bits per heavy atom. The lowest BCUT2D eigenvalue weighted by Crippen LogP contribution is -2.65. The van der Waals surface area contributed by atoms with Gasteiger partial charge in [0.2, 0.25) is 70.9 Å². The van der Waals surface area contributed by atoms with Crippen LogP contribution in [0.5, 0.6) is 0 Å². The van der Waals surface area contributed by atoms with E-state index < -0.39 is 172 Å². The molecule has 1 aromatic carbocycles. The summed E-state index contributed by atoms with van der Waals surface area (Å²) in [4.78, 5) is 187. The largest absolute Gasteiger partial charge is 0.417 e. The normalized spacial score (nSPS) is 27.5. The topological polar surface area (TPSA) is 279 Å². The molecule has 1 spiro atoms. The van der Waals surface area contributed by atoms with Gasteiger partial charge in [-0.15, -0.1) is 0 Å². The predicted molar refractivity (Wildman–Crippen MR) is 357 cm³/mol. The fourth-order valence-electron chi connectivity index (χ4n) is 14.4. The summed E-state index contributed by atoms with van der Waals surface area (Å²) in [5, 5.41) is 10.8. The Labute approximate surface area is 574 Å². The van der Waals surface area contributed by atoms with Crippen molar-refractivity contribution in [3.63, 3.8) is 0 Å². The van der Waals surface area contributed by atoms with E-state index in [4.69, 9.17) is 11.6 Å². The first kappa shape index (κ1) is 78.9. The summed E-state index contributed by atoms with van der Waals surface area (Å²) in [6.45, 7) is 11.9. The quantitative estimate of drug-likeness (QED) is 0.211. The maximum atomic E-state index is 15.3. The first-order valence-corrected chi connectivity index (χ1v) is 35.1. The van der Waals surface area contributed by atoms with Gasteiger partial charge in [0.1, 0.15) is 59.9 Å². The fourth-order valence-corrected chi connectivity index (χ4v) is 14.7. The maximum Gasteiger partial charge on any atom is 0.417 e. The summed E-state index contributed by atoms with van der Waals surface area (Å²) in [6, 6.07) is -7.99. The van der Waals surface area contributed by atoms with Crippen molar-refractivity contribution in [3.05, 3.63) is 34.3 Å². The molecular weight excluding hydrogens is 1280 g/mol. The van der Waals surface area contributed by atoms with Gasteiger partial charge < -0.3 is 60.5 Å². The van der Waals surface area contributed by atoms with Gasteiger partial charge in [0.15, 0.2) is 0 Å². The first-order chi connectivity index (χ1) is 45.5. The van der Waals surface area contributed by atoms with Gasteiger partial charge in [-0.3, -0.25) is 57.5 Å². The van der Waals surface area contributed by atoms with Gasteiger partial charge in [0, 0.05) is 62.4 Å². The molecule has 0 aromatic heterocycles. The van der Waals surface area contributed by atoms with Gasteiger partial charge in [0.25, 0.3) is 0 Å². The highest BCUT2D eigenvalue weighted by Crippen LogP contribution is 2.37. The average Bonchev–Trinajstić information content (AvgIpc) is 1.76. The number of alkyl halides is 3. The van der Waals surface area contributed by atoms with Gasteiger partial charge >= 0.3 is 6.18 Å². The van der Waals surface area contributed by atoms with E-state index in [0.717, 1.165) is 49.1 Å². The molecule has 28 heteroatoms. The number of rotatable bonds is 12. The van der Waals surface area contributed by atoms with E-state index in [1.165, 1.54) is 96.6 Å². The second-order valence-electron chi connectivity index (χ2n) is 28.6. The van der Waals surface area contributed by atoms with Crippen molar-refractivity contribution in [2.24, 2.45) is 23.7 Å². The molecule has 11 atom stereocenters. The third-order valence-electron chi connectivity index (χ3n) is 21.0. The van der Waals surface area contributed by atoms with E-state index >= 15 is 9.59 Å². The fraction of sp³-hybridized carbons (Fsp3) is 0.739. The third-order valence-corrected chi connectivity index (χ3v) is 21.3. The van der Waals surface area contributed by atoms with Crippen LogP contribution in [0.3, 0.4) is 0 Å². The number of amides is 12. The number of aryl methyl sites for hydroxylation is 1. The summed E-state index contributed by atoms with van der Waals surface area (Å²) in [5.41, 5.74) is -2.36. The number of hydrogen-bond donors (Lipinski definition) is 4. The van der Waals surface area contributed by atoms with Crippen LogP contribution >= 0.6 is 11.6 Å². The number of carbonyl (C=O) groups excluding carboxylic acids is 12. The molecule has 3 aliphatic heterocycles. The number of benzene rings is 1. The van der Waals surface area contributed by atoms with E-state index in [1.54, 1.807) is 13.8 Å². The van der Waals surface area contributed by atoms with E-state index in [-0.39, 0.29) is 76.3 Å². The van der Waals surface area contributed by atoms with Crippen molar-refractivity contribution in [1.29, 1.82) is 0 Å². The van der Waals surface area contributed by atoms with Crippen LogP contribution in [-0.2, 0) is 70.1 Å². The van der Waals surface area contributed by atoms with Crippen molar-refractivity contribution in [1.82, 2.24) is 60.5 Å². The highest BCUT2D eigenvalue weighted by molar-refractivity contribution is 6.31. The van der Waals surface area contributed by atoms with Crippen LogP contribution in [0.25, 0.3) is 0 Å². The van der Waals surface area contributed by atoms with E-state index in [1.807, 2.05) is 27.7 Å². The molecule has 0 radical (unpaired) electrons. The summed E-state index contributed by atoms with van der Waals surface area (Å²) < 4.78 is 41.5. The number of nitrogens with zero attached hydrogens (tertiary/aromatic N) is 8. The zero-order valence-electron chi connectivity index (χ0n) is 59.3. The summed E-state index contributed by atoms with van der Waals surface area (Å²) in [5.74, 6) is -9.27. The zero-order valence-corrected chi connectivity index (χ0v) is 60.0.